The summed E-state index contributed by atoms with van der Waals surface area (Å²) in [5.74, 6) is 0. The quantitative estimate of drug-likeness (QED) is 0.803. The second-order valence-electron chi connectivity index (χ2n) is 5.00. The third-order valence-electron chi connectivity index (χ3n) is 3.52. The van der Waals surface area contributed by atoms with Crippen LogP contribution in [0.4, 0.5) is 0 Å². The summed E-state index contributed by atoms with van der Waals surface area (Å²) in [5, 5.41) is 3.55. The summed E-state index contributed by atoms with van der Waals surface area (Å²) in [4.78, 5) is 0.268. The highest BCUT2D eigenvalue weighted by molar-refractivity contribution is 8.00. The predicted octanol–water partition coefficient (Wildman–Crippen LogP) is 2.23. The Morgan fingerprint density at radius 3 is 2.65 bits per heavy atom. The lowest BCUT2D eigenvalue weighted by atomic mass is 10.2. The topological polar surface area (TPSA) is 58.2 Å². The monoisotopic (exact) mass is 334 g/mol. The minimum atomic E-state index is -3.47. The number of benzene rings is 1. The van der Waals surface area contributed by atoms with Crippen LogP contribution in [0.25, 0.3) is 0 Å². The third-order valence-corrected chi connectivity index (χ3v) is 6.71. The van der Waals surface area contributed by atoms with Gasteiger partial charge in [0, 0.05) is 22.9 Å². The molecule has 1 aromatic carbocycles. The molecule has 0 atom stereocenters. The van der Waals surface area contributed by atoms with Gasteiger partial charge < -0.3 is 5.32 Å². The molecule has 1 saturated carbocycles. The van der Waals surface area contributed by atoms with Gasteiger partial charge in [0.2, 0.25) is 10.0 Å². The Morgan fingerprint density at radius 1 is 1.40 bits per heavy atom. The van der Waals surface area contributed by atoms with Crippen LogP contribution in [-0.4, -0.2) is 33.0 Å². The molecule has 0 unspecified atom stereocenters. The van der Waals surface area contributed by atoms with Crippen LogP contribution in [0.1, 0.15) is 18.4 Å². The van der Waals surface area contributed by atoms with Crippen molar-refractivity contribution in [2.75, 3.05) is 19.8 Å². The molecule has 1 aliphatic carbocycles. The van der Waals surface area contributed by atoms with E-state index in [9.17, 15) is 8.42 Å². The van der Waals surface area contributed by atoms with Gasteiger partial charge in [0.1, 0.15) is 0 Å². The molecule has 0 saturated heterocycles. The maximum Gasteiger partial charge on any atom is 0.240 e. The van der Waals surface area contributed by atoms with E-state index in [2.05, 4.69) is 10.0 Å². The van der Waals surface area contributed by atoms with Crippen molar-refractivity contribution in [3.05, 3.63) is 28.8 Å². The molecule has 20 heavy (non-hydrogen) atoms. The molecule has 1 aromatic rings. The van der Waals surface area contributed by atoms with E-state index in [0.29, 0.717) is 18.1 Å². The Labute approximate surface area is 129 Å². The summed E-state index contributed by atoms with van der Waals surface area (Å²) in [7, 11) is -1.67. The number of sulfonamides is 1. The summed E-state index contributed by atoms with van der Waals surface area (Å²) < 4.78 is 27.4. The van der Waals surface area contributed by atoms with Crippen molar-refractivity contribution in [1.29, 1.82) is 0 Å². The highest BCUT2D eigenvalue weighted by Crippen LogP contribution is 2.46. The standard InChI is InChI=1S/C13H19ClN2O2S2/c1-15-8-10-7-11(3-4-12(10)14)20(17,18)16-9-13(19-2)5-6-13/h3-4,7,15-16H,5-6,8-9H2,1-2H3. The van der Waals surface area contributed by atoms with Gasteiger partial charge >= 0.3 is 0 Å². The first-order valence-electron chi connectivity index (χ1n) is 6.40. The number of nitrogens with one attached hydrogen (secondary N) is 2. The van der Waals surface area contributed by atoms with Crippen LogP contribution in [0.15, 0.2) is 23.1 Å². The summed E-state index contributed by atoms with van der Waals surface area (Å²) in [6.45, 7) is 1.03. The van der Waals surface area contributed by atoms with Crippen LogP contribution in [0.3, 0.4) is 0 Å². The normalized spacial score (nSPS) is 17.1. The Hall–Kier alpha value is -0.270. The van der Waals surface area contributed by atoms with Gasteiger partial charge in [-0.05, 0) is 49.9 Å². The van der Waals surface area contributed by atoms with Gasteiger partial charge in [0.15, 0.2) is 0 Å². The number of hydrogen-bond donors (Lipinski definition) is 2. The van der Waals surface area contributed by atoms with E-state index >= 15 is 0 Å². The molecule has 0 bridgehead atoms. The van der Waals surface area contributed by atoms with Crippen molar-refractivity contribution in [3.8, 4) is 0 Å². The Balaban J connectivity index is 2.14. The van der Waals surface area contributed by atoms with E-state index in [4.69, 9.17) is 11.6 Å². The molecule has 2 rings (SSSR count). The van der Waals surface area contributed by atoms with Gasteiger partial charge in [-0.25, -0.2) is 13.1 Å². The maximum atomic E-state index is 12.3. The highest BCUT2D eigenvalue weighted by atomic mass is 35.5. The smallest absolute Gasteiger partial charge is 0.240 e. The van der Waals surface area contributed by atoms with Crippen LogP contribution in [0, 0.1) is 0 Å². The molecule has 7 heteroatoms. The zero-order valence-electron chi connectivity index (χ0n) is 11.6. The molecule has 0 aromatic heterocycles. The van der Waals surface area contributed by atoms with Crippen LogP contribution >= 0.6 is 23.4 Å². The van der Waals surface area contributed by atoms with Gasteiger partial charge in [-0.15, -0.1) is 0 Å². The molecular formula is C13H19ClN2O2S2. The lowest BCUT2D eigenvalue weighted by Crippen LogP contribution is -2.31. The van der Waals surface area contributed by atoms with Crippen molar-refractivity contribution in [2.24, 2.45) is 0 Å². The molecule has 1 aliphatic rings. The lowest BCUT2D eigenvalue weighted by Gasteiger charge is -2.14. The van der Waals surface area contributed by atoms with E-state index in [0.717, 1.165) is 18.4 Å². The second kappa shape index (κ2) is 6.23. The molecule has 4 nitrogen and oxygen atoms in total. The minimum Gasteiger partial charge on any atom is -0.316 e. The van der Waals surface area contributed by atoms with Crippen LogP contribution in [-0.2, 0) is 16.6 Å². The van der Waals surface area contributed by atoms with Gasteiger partial charge in [-0.3, -0.25) is 0 Å². The van der Waals surface area contributed by atoms with Gasteiger partial charge in [0.25, 0.3) is 0 Å². The highest BCUT2D eigenvalue weighted by Gasteiger charge is 2.42. The van der Waals surface area contributed by atoms with Crippen molar-refractivity contribution >= 4 is 33.4 Å². The van der Waals surface area contributed by atoms with E-state index in [1.54, 1.807) is 37.0 Å². The summed E-state index contributed by atoms with van der Waals surface area (Å²) in [5.41, 5.74) is 0.781. The Kier molecular flexibility index (Phi) is 5.02. The summed E-state index contributed by atoms with van der Waals surface area (Å²) >= 11 is 7.78. The average Bonchev–Trinajstić information content (AvgIpc) is 3.20. The lowest BCUT2D eigenvalue weighted by molar-refractivity contribution is 0.579. The Bertz CT molecular complexity index is 586. The summed E-state index contributed by atoms with van der Waals surface area (Å²) in [6, 6.07) is 4.80. The molecule has 0 amide bonds. The maximum absolute atomic E-state index is 12.3. The second-order valence-corrected chi connectivity index (χ2v) is 8.44. The van der Waals surface area contributed by atoms with Gasteiger partial charge in [-0.2, -0.15) is 11.8 Å². The fourth-order valence-corrected chi connectivity index (χ4v) is 4.13. The van der Waals surface area contributed by atoms with E-state index in [1.807, 2.05) is 6.26 Å². The summed E-state index contributed by atoms with van der Waals surface area (Å²) in [6.07, 6.45) is 4.17. The molecule has 0 radical (unpaired) electrons. The third kappa shape index (κ3) is 3.68. The molecular weight excluding hydrogens is 316 g/mol. The zero-order chi connectivity index (χ0) is 14.8. The molecule has 0 aliphatic heterocycles. The molecule has 112 valence electrons. The number of hydrogen-bond acceptors (Lipinski definition) is 4. The number of thioether (sulfide) groups is 1. The largest absolute Gasteiger partial charge is 0.316 e. The fourth-order valence-electron chi connectivity index (χ4n) is 1.95. The van der Waals surface area contributed by atoms with Crippen molar-refractivity contribution in [1.82, 2.24) is 10.0 Å². The van der Waals surface area contributed by atoms with Gasteiger partial charge in [-0.1, -0.05) is 11.6 Å². The van der Waals surface area contributed by atoms with Crippen LogP contribution in [0.2, 0.25) is 5.02 Å². The Morgan fingerprint density at radius 2 is 2.10 bits per heavy atom. The first kappa shape index (κ1) is 16.1. The fraction of sp³-hybridized carbons (Fsp3) is 0.538. The SMILES string of the molecule is CNCc1cc(S(=O)(=O)NCC2(SC)CC2)ccc1Cl. The first-order valence-corrected chi connectivity index (χ1v) is 9.49. The van der Waals surface area contributed by atoms with Crippen LogP contribution < -0.4 is 10.0 Å². The molecule has 0 spiro atoms. The number of halogens is 1. The minimum absolute atomic E-state index is 0.104. The average molecular weight is 335 g/mol. The molecule has 0 heterocycles. The predicted molar refractivity (Wildman–Crippen MR) is 84.9 cm³/mol. The molecule has 2 N–H and O–H groups in total. The van der Waals surface area contributed by atoms with Gasteiger partial charge in [0.05, 0.1) is 4.90 Å². The van der Waals surface area contributed by atoms with E-state index < -0.39 is 10.0 Å². The zero-order valence-corrected chi connectivity index (χ0v) is 14.0. The van der Waals surface area contributed by atoms with Crippen molar-refractivity contribution in [2.45, 2.75) is 29.0 Å². The van der Waals surface area contributed by atoms with E-state index in [1.165, 1.54) is 0 Å². The molecule has 1 fully saturated rings. The number of rotatable bonds is 7. The van der Waals surface area contributed by atoms with Crippen LogP contribution in [0.5, 0.6) is 0 Å². The first-order chi connectivity index (χ1) is 9.42. The van der Waals surface area contributed by atoms with Crippen molar-refractivity contribution in [3.63, 3.8) is 0 Å². The van der Waals surface area contributed by atoms with Crippen molar-refractivity contribution < 1.29 is 8.42 Å². The van der Waals surface area contributed by atoms with E-state index in [-0.39, 0.29) is 9.64 Å².